The van der Waals surface area contributed by atoms with E-state index in [1.54, 1.807) is 4.90 Å². The Bertz CT molecular complexity index is 298. The van der Waals surface area contributed by atoms with Crippen molar-refractivity contribution in [2.45, 2.75) is 71.3 Å². The highest BCUT2D eigenvalue weighted by atomic mass is 16.4. The smallest absolute Gasteiger partial charge is 0.305 e. The Morgan fingerprint density at radius 2 is 1.89 bits per heavy atom. The van der Waals surface area contributed by atoms with Crippen molar-refractivity contribution in [1.29, 1.82) is 0 Å². The van der Waals surface area contributed by atoms with Gasteiger partial charge < -0.3 is 10.0 Å². The first-order valence-corrected chi connectivity index (χ1v) is 7.55. The van der Waals surface area contributed by atoms with Crippen molar-refractivity contribution < 1.29 is 14.7 Å². The molecule has 1 aliphatic rings. The molecule has 0 heterocycles. The number of rotatable bonds is 7. The average Bonchev–Trinajstić information content (AvgIpc) is 2.37. The number of amides is 1. The topological polar surface area (TPSA) is 57.6 Å². The number of aliphatic carboxylic acids is 1. The van der Waals surface area contributed by atoms with E-state index in [1.165, 1.54) is 32.1 Å². The van der Waals surface area contributed by atoms with Gasteiger partial charge in [0, 0.05) is 19.0 Å². The Hall–Kier alpha value is -1.06. The molecule has 1 N–H and O–H groups in total. The highest BCUT2D eigenvalue weighted by Crippen LogP contribution is 2.27. The quantitative estimate of drug-likeness (QED) is 0.772. The third-order valence-electron chi connectivity index (χ3n) is 4.15. The predicted molar refractivity (Wildman–Crippen MR) is 74.9 cm³/mol. The number of hydrogen-bond donors (Lipinski definition) is 1. The molecular formula is C15H27NO3. The second-order valence-electron chi connectivity index (χ2n) is 5.67. The van der Waals surface area contributed by atoms with Crippen LogP contribution < -0.4 is 0 Å². The van der Waals surface area contributed by atoms with E-state index in [2.05, 4.69) is 0 Å². The number of nitrogens with zero attached hydrogens (tertiary/aromatic N) is 1. The molecule has 4 heteroatoms. The maximum Gasteiger partial charge on any atom is 0.305 e. The molecule has 0 radical (unpaired) electrons. The predicted octanol–water partition coefficient (Wildman–Crippen LogP) is 3.06. The zero-order chi connectivity index (χ0) is 14.3. The molecule has 110 valence electrons. The molecule has 0 aromatic rings. The molecule has 0 aliphatic heterocycles. The van der Waals surface area contributed by atoms with E-state index in [1.807, 2.05) is 13.8 Å². The van der Waals surface area contributed by atoms with E-state index in [0.717, 1.165) is 6.42 Å². The van der Waals surface area contributed by atoms with E-state index in [4.69, 9.17) is 5.11 Å². The minimum absolute atomic E-state index is 0.0308. The van der Waals surface area contributed by atoms with Gasteiger partial charge in [0.2, 0.25) is 5.91 Å². The van der Waals surface area contributed by atoms with Gasteiger partial charge in [0.15, 0.2) is 0 Å². The molecule has 1 atom stereocenters. The molecule has 19 heavy (non-hydrogen) atoms. The summed E-state index contributed by atoms with van der Waals surface area (Å²) in [4.78, 5) is 24.6. The summed E-state index contributed by atoms with van der Waals surface area (Å²) in [5, 5.41) is 8.81. The Balaban J connectivity index is 2.37. The molecule has 1 aliphatic carbocycles. The van der Waals surface area contributed by atoms with Gasteiger partial charge in [-0.2, -0.15) is 0 Å². The maximum absolute atomic E-state index is 12.2. The van der Waals surface area contributed by atoms with Crippen LogP contribution in [0.3, 0.4) is 0 Å². The number of carbonyl (C=O) groups excluding carboxylic acids is 1. The lowest BCUT2D eigenvalue weighted by Gasteiger charge is -2.28. The summed E-state index contributed by atoms with van der Waals surface area (Å²) in [6, 6.07) is -0.207. The van der Waals surface area contributed by atoms with Crippen molar-refractivity contribution in [3.8, 4) is 0 Å². The second kappa shape index (κ2) is 8.18. The van der Waals surface area contributed by atoms with Gasteiger partial charge in [-0.05, 0) is 26.2 Å². The van der Waals surface area contributed by atoms with Gasteiger partial charge in [0.1, 0.15) is 0 Å². The Morgan fingerprint density at radius 1 is 1.26 bits per heavy atom. The number of carbonyl (C=O) groups is 2. The van der Waals surface area contributed by atoms with Crippen LogP contribution >= 0.6 is 0 Å². The van der Waals surface area contributed by atoms with Crippen LogP contribution in [0.5, 0.6) is 0 Å². The van der Waals surface area contributed by atoms with Crippen LogP contribution in [-0.4, -0.2) is 34.5 Å². The average molecular weight is 269 g/mol. The number of carboxylic acid groups (broad SMARTS) is 1. The van der Waals surface area contributed by atoms with Crippen molar-refractivity contribution in [2.24, 2.45) is 5.92 Å². The van der Waals surface area contributed by atoms with Crippen LogP contribution in [0.2, 0.25) is 0 Å². The molecule has 1 fully saturated rings. The zero-order valence-electron chi connectivity index (χ0n) is 12.2. The van der Waals surface area contributed by atoms with Crippen LogP contribution in [-0.2, 0) is 9.59 Å². The second-order valence-corrected chi connectivity index (χ2v) is 5.67. The highest BCUT2D eigenvalue weighted by molar-refractivity contribution is 5.77. The van der Waals surface area contributed by atoms with Crippen LogP contribution in [0.1, 0.15) is 65.2 Å². The molecule has 1 unspecified atom stereocenters. The fraction of sp³-hybridized carbons (Fsp3) is 0.867. The van der Waals surface area contributed by atoms with Crippen molar-refractivity contribution >= 4 is 11.9 Å². The first kappa shape index (κ1) is 16.0. The monoisotopic (exact) mass is 269 g/mol. The standard InChI is InChI=1S/C15H27NO3/c1-3-16(12(2)11-15(18)19)14(17)10-9-13-7-5-4-6-8-13/h12-13H,3-11H2,1-2H3,(H,18,19). The van der Waals surface area contributed by atoms with Crippen molar-refractivity contribution in [3.05, 3.63) is 0 Å². The minimum atomic E-state index is -0.842. The fourth-order valence-electron chi connectivity index (χ4n) is 3.04. The SMILES string of the molecule is CCN(C(=O)CCC1CCCCC1)C(C)CC(=O)O. The molecule has 0 spiro atoms. The Labute approximate surface area is 116 Å². The lowest BCUT2D eigenvalue weighted by Crippen LogP contribution is -2.39. The van der Waals surface area contributed by atoms with Crippen LogP contribution in [0.25, 0.3) is 0 Å². The third kappa shape index (κ3) is 5.62. The van der Waals surface area contributed by atoms with Gasteiger partial charge in [-0.25, -0.2) is 0 Å². The van der Waals surface area contributed by atoms with E-state index in [-0.39, 0.29) is 18.4 Å². The largest absolute Gasteiger partial charge is 0.481 e. The zero-order valence-corrected chi connectivity index (χ0v) is 12.2. The Morgan fingerprint density at radius 3 is 2.42 bits per heavy atom. The van der Waals surface area contributed by atoms with E-state index < -0.39 is 5.97 Å². The molecule has 0 bridgehead atoms. The first-order valence-electron chi connectivity index (χ1n) is 7.55. The number of hydrogen-bond acceptors (Lipinski definition) is 2. The number of carboxylic acids is 1. The van der Waals surface area contributed by atoms with E-state index >= 15 is 0 Å². The van der Waals surface area contributed by atoms with Gasteiger partial charge in [-0.3, -0.25) is 9.59 Å². The van der Waals surface area contributed by atoms with Crippen LogP contribution in [0, 0.1) is 5.92 Å². The first-order chi connectivity index (χ1) is 9.04. The van der Waals surface area contributed by atoms with E-state index in [0.29, 0.717) is 18.9 Å². The maximum atomic E-state index is 12.2. The molecule has 1 amide bonds. The van der Waals surface area contributed by atoms with Crippen molar-refractivity contribution in [1.82, 2.24) is 4.90 Å². The van der Waals surface area contributed by atoms with Crippen LogP contribution in [0.15, 0.2) is 0 Å². The molecular weight excluding hydrogens is 242 g/mol. The molecule has 0 aromatic carbocycles. The molecule has 1 saturated carbocycles. The van der Waals surface area contributed by atoms with Crippen molar-refractivity contribution in [3.63, 3.8) is 0 Å². The van der Waals surface area contributed by atoms with Gasteiger partial charge in [0.05, 0.1) is 6.42 Å². The Kier molecular flexibility index (Phi) is 6.89. The van der Waals surface area contributed by atoms with Gasteiger partial charge in [-0.1, -0.05) is 32.1 Å². The van der Waals surface area contributed by atoms with Gasteiger partial charge in [0.25, 0.3) is 0 Å². The molecule has 0 aromatic heterocycles. The summed E-state index contributed by atoms with van der Waals surface area (Å²) in [6.07, 6.45) is 8.01. The van der Waals surface area contributed by atoms with Gasteiger partial charge >= 0.3 is 5.97 Å². The minimum Gasteiger partial charge on any atom is -0.481 e. The van der Waals surface area contributed by atoms with Gasteiger partial charge in [-0.15, -0.1) is 0 Å². The molecule has 4 nitrogen and oxygen atoms in total. The van der Waals surface area contributed by atoms with E-state index in [9.17, 15) is 9.59 Å². The lowest BCUT2D eigenvalue weighted by atomic mass is 9.86. The normalized spacial score (nSPS) is 18.0. The summed E-state index contributed by atoms with van der Waals surface area (Å²) in [5.74, 6) is -0.0287. The van der Waals surface area contributed by atoms with Crippen molar-refractivity contribution in [2.75, 3.05) is 6.54 Å². The molecule has 0 saturated heterocycles. The summed E-state index contributed by atoms with van der Waals surface area (Å²) in [6.45, 7) is 4.32. The summed E-state index contributed by atoms with van der Waals surface area (Å²) in [7, 11) is 0. The van der Waals surface area contributed by atoms with Crippen LogP contribution in [0.4, 0.5) is 0 Å². The summed E-state index contributed by atoms with van der Waals surface area (Å²) in [5.41, 5.74) is 0. The molecule has 1 rings (SSSR count). The highest BCUT2D eigenvalue weighted by Gasteiger charge is 2.22. The lowest BCUT2D eigenvalue weighted by molar-refractivity contribution is -0.140. The third-order valence-corrected chi connectivity index (χ3v) is 4.15. The summed E-state index contributed by atoms with van der Waals surface area (Å²) < 4.78 is 0. The fourth-order valence-corrected chi connectivity index (χ4v) is 3.04. The summed E-state index contributed by atoms with van der Waals surface area (Å²) >= 11 is 0.